The van der Waals surface area contributed by atoms with E-state index in [-0.39, 0.29) is 5.69 Å². The molecule has 23 heavy (non-hydrogen) atoms. The summed E-state index contributed by atoms with van der Waals surface area (Å²) in [4.78, 5) is 16.6. The van der Waals surface area contributed by atoms with E-state index < -0.39 is 5.97 Å². The molecule has 0 fully saturated rings. The number of esters is 1. The topological polar surface area (TPSA) is 52.3 Å². The van der Waals surface area contributed by atoms with E-state index in [9.17, 15) is 4.79 Å². The predicted octanol–water partition coefficient (Wildman–Crippen LogP) is 4.49. The lowest BCUT2D eigenvalue weighted by molar-refractivity contribution is 0.0520. The number of rotatable bonds is 4. The van der Waals surface area contributed by atoms with Gasteiger partial charge >= 0.3 is 5.97 Å². The summed E-state index contributed by atoms with van der Waals surface area (Å²) in [5.41, 5.74) is 2.95. The average molecular weight is 307 g/mol. The highest BCUT2D eigenvalue weighted by molar-refractivity contribution is 5.94. The largest absolute Gasteiger partial charge is 0.461 e. The summed E-state index contributed by atoms with van der Waals surface area (Å²) in [6.07, 6.45) is 0. The zero-order chi connectivity index (χ0) is 16.2. The van der Waals surface area contributed by atoms with Crippen LogP contribution in [0.15, 0.2) is 59.0 Å². The van der Waals surface area contributed by atoms with Crippen LogP contribution in [0.1, 0.15) is 23.0 Å². The van der Waals surface area contributed by atoms with Crippen molar-refractivity contribution in [3.8, 4) is 22.8 Å². The number of hydrogen-bond acceptors (Lipinski definition) is 4. The molecule has 0 saturated carbocycles. The van der Waals surface area contributed by atoms with E-state index >= 15 is 0 Å². The average Bonchev–Trinajstić information content (AvgIpc) is 3.02. The van der Waals surface area contributed by atoms with Crippen molar-refractivity contribution in [3.05, 3.63) is 65.9 Å². The molecule has 0 saturated heterocycles. The number of nitrogens with zero attached hydrogens (tertiary/aromatic N) is 1. The molecule has 0 unspecified atom stereocenters. The van der Waals surface area contributed by atoms with Gasteiger partial charge in [-0.3, -0.25) is 0 Å². The van der Waals surface area contributed by atoms with E-state index in [1.807, 2.05) is 61.5 Å². The Morgan fingerprint density at radius 1 is 1.04 bits per heavy atom. The van der Waals surface area contributed by atoms with Gasteiger partial charge < -0.3 is 9.15 Å². The highest BCUT2D eigenvalue weighted by Crippen LogP contribution is 2.30. The van der Waals surface area contributed by atoms with Crippen LogP contribution in [0.2, 0.25) is 0 Å². The Labute approximate surface area is 134 Å². The second-order valence-corrected chi connectivity index (χ2v) is 5.15. The molecule has 2 aromatic carbocycles. The number of oxazole rings is 1. The molecule has 0 aliphatic rings. The van der Waals surface area contributed by atoms with Crippen molar-refractivity contribution in [2.75, 3.05) is 6.61 Å². The smallest absolute Gasteiger partial charge is 0.361 e. The number of benzene rings is 2. The molecule has 3 aromatic rings. The highest BCUT2D eigenvalue weighted by atomic mass is 16.5. The van der Waals surface area contributed by atoms with Crippen molar-refractivity contribution < 1.29 is 13.9 Å². The number of hydrogen-bond donors (Lipinski definition) is 0. The van der Waals surface area contributed by atoms with E-state index in [1.54, 1.807) is 6.92 Å². The van der Waals surface area contributed by atoms with Crippen molar-refractivity contribution in [1.82, 2.24) is 4.98 Å². The minimum Gasteiger partial charge on any atom is -0.461 e. The van der Waals surface area contributed by atoms with Crippen molar-refractivity contribution >= 4 is 5.97 Å². The first-order chi connectivity index (χ1) is 11.2. The molecular formula is C19H17NO3. The third-order valence-corrected chi connectivity index (χ3v) is 3.43. The molecule has 0 amide bonds. The van der Waals surface area contributed by atoms with Gasteiger partial charge in [0.25, 0.3) is 0 Å². The van der Waals surface area contributed by atoms with Crippen molar-refractivity contribution in [3.63, 3.8) is 0 Å². The van der Waals surface area contributed by atoms with E-state index in [2.05, 4.69) is 4.98 Å². The zero-order valence-electron chi connectivity index (χ0n) is 13.1. The SMILES string of the molecule is CCOC(=O)c1nc(-c2ccccc2)oc1-c1ccc(C)cc1. The van der Waals surface area contributed by atoms with Gasteiger partial charge in [-0.2, -0.15) is 0 Å². The van der Waals surface area contributed by atoms with Crippen LogP contribution in [0.4, 0.5) is 0 Å². The fourth-order valence-corrected chi connectivity index (χ4v) is 2.26. The van der Waals surface area contributed by atoms with Gasteiger partial charge in [-0.25, -0.2) is 9.78 Å². The lowest BCUT2D eigenvalue weighted by atomic mass is 10.1. The standard InChI is InChI=1S/C19H17NO3/c1-3-22-19(21)16-17(14-11-9-13(2)10-12-14)23-18(20-16)15-7-5-4-6-8-15/h4-12H,3H2,1-2H3. The first-order valence-corrected chi connectivity index (χ1v) is 7.49. The lowest BCUT2D eigenvalue weighted by Crippen LogP contribution is -2.06. The third kappa shape index (κ3) is 3.16. The van der Waals surface area contributed by atoms with Crippen molar-refractivity contribution in [2.45, 2.75) is 13.8 Å². The number of ether oxygens (including phenoxy) is 1. The van der Waals surface area contributed by atoms with Crippen molar-refractivity contribution in [2.24, 2.45) is 0 Å². The molecule has 116 valence electrons. The second-order valence-electron chi connectivity index (χ2n) is 5.15. The summed E-state index contributed by atoms with van der Waals surface area (Å²) < 4.78 is 11.0. The Balaban J connectivity index is 2.10. The summed E-state index contributed by atoms with van der Waals surface area (Å²) in [6.45, 7) is 4.06. The number of carbonyl (C=O) groups is 1. The minimum absolute atomic E-state index is 0.203. The first-order valence-electron chi connectivity index (χ1n) is 7.49. The maximum Gasteiger partial charge on any atom is 0.361 e. The molecular weight excluding hydrogens is 290 g/mol. The Morgan fingerprint density at radius 3 is 2.39 bits per heavy atom. The molecule has 1 heterocycles. The van der Waals surface area contributed by atoms with Gasteiger partial charge in [-0.15, -0.1) is 0 Å². The minimum atomic E-state index is -0.478. The monoisotopic (exact) mass is 307 g/mol. The van der Waals surface area contributed by atoms with Crippen LogP contribution in [-0.4, -0.2) is 17.6 Å². The molecule has 1 aromatic heterocycles. The Bertz CT molecular complexity index is 804. The molecule has 0 N–H and O–H groups in total. The Hall–Kier alpha value is -2.88. The Morgan fingerprint density at radius 2 is 1.74 bits per heavy atom. The number of carbonyl (C=O) groups excluding carboxylic acids is 1. The van der Waals surface area contributed by atoms with Gasteiger partial charge in [0.15, 0.2) is 11.5 Å². The normalized spacial score (nSPS) is 10.5. The first kappa shape index (κ1) is 15.0. The summed E-state index contributed by atoms with van der Waals surface area (Å²) in [7, 11) is 0. The van der Waals surface area contributed by atoms with Gasteiger partial charge in [0.2, 0.25) is 5.89 Å². The van der Waals surface area contributed by atoms with Gasteiger partial charge in [-0.05, 0) is 26.0 Å². The van der Waals surface area contributed by atoms with Crippen LogP contribution in [0, 0.1) is 6.92 Å². The molecule has 0 aliphatic heterocycles. The van der Waals surface area contributed by atoms with Gasteiger partial charge in [0, 0.05) is 11.1 Å². The quantitative estimate of drug-likeness (QED) is 0.666. The Kier molecular flexibility index (Phi) is 4.24. The van der Waals surface area contributed by atoms with E-state index in [4.69, 9.17) is 9.15 Å². The number of aromatic nitrogens is 1. The molecule has 4 nitrogen and oxygen atoms in total. The third-order valence-electron chi connectivity index (χ3n) is 3.43. The molecule has 0 bridgehead atoms. The van der Waals surface area contributed by atoms with Gasteiger partial charge in [-0.1, -0.05) is 48.0 Å². The number of aryl methyl sites for hydroxylation is 1. The summed E-state index contributed by atoms with van der Waals surface area (Å²) >= 11 is 0. The van der Waals surface area contributed by atoms with E-state index in [0.29, 0.717) is 18.3 Å². The maximum absolute atomic E-state index is 12.2. The van der Waals surface area contributed by atoms with Crippen LogP contribution in [-0.2, 0) is 4.74 Å². The summed E-state index contributed by atoms with van der Waals surface area (Å²) in [5.74, 6) is 0.362. The van der Waals surface area contributed by atoms with E-state index in [0.717, 1.165) is 16.7 Å². The van der Waals surface area contributed by atoms with Crippen LogP contribution < -0.4 is 0 Å². The zero-order valence-corrected chi connectivity index (χ0v) is 13.1. The fourth-order valence-electron chi connectivity index (χ4n) is 2.26. The van der Waals surface area contributed by atoms with Crippen LogP contribution in [0.3, 0.4) is 0 Å². The van der Waals surface area contributed by atoms with Crippen LogP contribution in [0.25, 0.3) is 22.8 Å². The molecule has 0 spiro atoms. The van der Waals surface area contributed by atoms with Crippen LogP contribution in [0.5, 0.6) is 0 Å². The molecule has 4 heteroatoms. The lowest BCUT2D eigenvalue weighted by Gasteiger charge is -2.01. The molecule has 0 radical (unpaired) electrons. The van der Waals surface area contributed by atoms with E-state index in [1.165, 1.54) is 0 Å². The van der Waals surface area contributed by atoms with Crippen molar-refractivity contribution in [1.29, 1.82) is 0 Å². The second kappa shape index (κ2) is 6.48. The summed E-state index contributed by atoms with van der Waals surface area (Å²) in [6, 6.07) is 17.2. The van der Waals surface area contributed by atoms with Gasteiger partial charge in [0.05, 0.1) is 6.61 Å². The van der Waals surface area contributed by atoms with Crippen LogP contribution >= 0.6 is 0 Å². The molecule has 0 atom stereocenters. The summed E-state index contributed by atoms with van der Waals surface area (Å²) in [5, 5.41) is 0. The fraction of sp³-hybridized carbons (Fsp3) is 0.158. The molecule has 3 rings (SSSR count). The van der Waals surface area contributed by atoms with Gasteiger partial charge in [0.1, 0.15) is 0 Å². The molecule has 0 aliphatic carbocycles. The highest BCUT2D eigenvalue weighted by Gasteiger charge is 2.23. The predicted molar refractivity (Wildman–Crippen MR) is 88.1 cm³/mol. The maximum atomic E-state index is 12.2.